The number of hydrogen-bond donors (Lipinski definition) is 1. The zero-order valence-electron chi connectivity index (χ0n) is 14.0. The zero-order chi connectivity index (χ0) is 19.6. The predicted molar refractivity (Wildman–Crippen MR) is 96.9 cm³/mol. The highest BCUT2D eigenvalue weighted by atomic mass is 32.2. The largest absolute Gasteiger partial charge is 0.412 e. The second kappa shape index (κ2) is 7.39. The minimum absolute atomic E-state index is 0.117. The fourth-order valence-corrected chi connectivity index (χ4v) is 2.67. The van der Waals surface area contributed by atoms with Gasteiger partial charge in [-0.3, -0.25) is 4.98 Å². The molecule has 3 heterocycles. The van der Waals surface area contributed by atoms with Crippen molar-refractivity contribution >= 4 is 33.7 Å². The highest BCUT2D eigenvalue weighted by molar-refractivity contribution is 8.10. The molecule has 0 fully saturated rings. The fraction of sp³-hybridized carbons (Fsp3) is 0.118. The van der Waals surface area contributed by atoms with Gasteiger partial charge < -0.3 is 5.32 Å². The van der Waals surface area contributed by atoms with Crippen molar-refractivity contribution in [3.8, 4) is 0 Å². The Morgan fingerprint density at radius 1 is 1.33 bits per heavy atom. The van der Waals surface area contributed by atoms with Gasteiger partial charge in [0.15, 0.2) is 17.5 Å². The van der Waals surface area contributed by atoms with Gasteiger partial charge in [0.05, 0.1) is 16.8 Å². The molecule has 0 aromatic carbocycles. The molecule has 0 atom stereocenters. The van der Waals surface area contributed by atoms with E-state index in [0.29, 0.717) is 5.52 Å². The van der Waals surface area contributed by atoms with Gasteiger partial charge in [0.25, 0.3) is 0 Å². The van der Waals surface area contributed by atoms with E-state index in [2.05, 4.69) is 27.0 Å². The van der Waals surface area contributed by atoms with E-state index in [9.17, 15) is 17.6 Å². The molecule has 1 N–H and O–H groups in total. The standard InChI is InChI=1S/C17H13F4N5S/c1-10(17(19,20)21)9-27-11(2)15-24-16(14-4-3-7-26(14)25-15)23-13-5-6-22-8-12(13)18/h3-9H,2H2,1H3,(H,22,23,24,25)/b10-9+. The summed E-state index contributed by atoms with van der Waals surface area (Å²) in [5.74, 6) is -0.167. The molecule has 0 saturated heterocycles. The zero-order valence-corrected chi connectivity index (χ0v) is 14.8. The molecule has 0 amide bonds. The summed E-state index contributed by atoms with van der Waals surface area (Å²) < 4.78 is 53.2. The summed E-state index contributed by atoms with van der Waals surface area (Å²) in [6.07, 6.45) is -0.297. The monoisotopic (exact) mass is 395 g/mol. The number of pyridine rings is 1. The normalized spacial score (nSPS) is 12.4. The summed E-state index contributed by atoms with van der Waals surface area (Å²) in [5, 5.41) is 8.03. The van der Waals surface area contributed by atoms with Gasteiger partial charge >= 0.3 is 6.18 Å². The summed E-state index contributed by atoms with van der Waals surface area (Å²) in [7, 11) is 0. The number of thioether (sulfide) groups is 1. The van der Waals surface area contributed by atoms with Gasteiger partial charge in [-0.15, -0.1) is 5.10 Å². The van der Waals surface area contributed by atoms with Crippen molar-refractivity contribution in [2.45, 2.75) is 13.1 Å². The molecule has 3 aromatic heterocycles. The first-order chi connectivity index (χ1) is 12.8. The van der Waals surface area contributed by atoms with E-state index in [0.717, 1.165) is 30.3 Å². The van der Waals surface area contributed by atoms with Gasteiger partial charge in [-0.2, -0.15) is 13.2 Å². The van der Waals surface area contributed by atoms with Gasteiger partial charge in [0.1, 0.15) is 5.52 Å². The van der Waals surface area contributed by atoms with Gasteiger partial charge in [-0.05, 0) is 30.5 Å². The number of allylic oxidation sites excluding steroid dienone is 1. The number of fused-ring (bicyclic) bond motifs is 1. The third-order valence-corrected chi connectivity index (χ3v) is 4.43. The van der Waals surface area contributed by atoms with Gasteiger partial charge in [-0.25, -0.2) is 13.9 Å². The van der Waals surface area contributed by atoms with Gasteiger partial charge in [0, 0.05) is 18.0 Å². The first-order valence-corrected chi connectivity index (χ1v) is 8.45. The van der Waals surface area contributed by atoms with E-state index in [1.165, 1.54) is 16.8 Å². The molecular formula is C17H13F4N5S. The Bertz CT molecular complexity index is 1030. The molecule has 5 nitrogen and oxygen atoms in total. The van der Waals surface area contributed by atoms with Crippen molar-refractivity contribution in [1.82, 2.24) is 19.6 Å². The molecule has 0 unspecified atom stereocenters. The molecule has 3 rings (SSSR count). The van der Waals surface area contributed by atoms with E-state index >= 15 is 0 Å². The maximum atomic E-state index is 13.9. The van der Waals surface area contributed by atoms with Crippen molar-refractivity contribution in [3.05, 3.63) is 66.0 Å². The Kier molecular flexibility index (Phi) is 5.17. The Morgan fingerprint density at radius 3 is 2.81 bits per heavy atom. The first-order valence-electron chi connectivity index (χ1n) is 7.57. The Labute approximate surface area is 155 Å². The Morgan fingerprint density at radius 2 is 2.11 bits per heavy atom. The maximum Gasteiger partial charge on any atom is 0.412 e. The smallest absolute Gasteiger partial charge is 0.336 e. The molecular weight excluding hydrogens is 382 g/mol. The fourth-order valence-electron chi connectivity index (χ4n) is 2.03. The molecule has 0 spiro atoms. The van der Waals surface area contributed by atoms with Crippen LogP contribution in [0.1, 0.15) is 12.7 Å². The van der Waals surface area contributed by atoms with E-state index in [-0.39, 0.29) is 22.2 Å². The van der Waals surface area contributed by atoms with Crippen LogP contribution in [0.15, 0.2) is 54.3 Å². The summed E-state index contributed by atoms with van der Waals surface area (Å²) in [6.45, 7) is 4.70. The summed E-state index contributed by atoms with van der Waals surface area (Å²) in [5.41, 5.74) is -0.0356. The van der Waals surface area contributed by atoms with Gasteiger partial charge in [0.2, 0.25) is 0 Å². The third-order valence-electron chi connectivity index (χ3n) is 3.49. The lowest BCUT2D eigenvalue weighted by Crippen LogP contribution is -2.08. The molecule has 3 aromatic rings. The molecule has 0 saturated carbocycles. The lowest BCUT2D eigenvalue weighted by atomic mass is 10.3. The predicted octanol–water partition coefficient (Wildman–Crippen LogP) is 5.18. The summed E-state index contributed by atoms with van der Waals surface area (Å²) in [6, 6.07) is 4.87. The first kappa shape index (κ1) is 18.9. The maximum absolute atomic E-state index is 13.9. The Hall–Kier alpha value is -2.88. The van der Waals surface area contributed by atoms with Crippen molar-refractivity contribution in [1.29, 1.82) is 0 Å². The average molecular weight is 395 g/mol. The molecule has 0 radical (unpaired) electrons. The highest BCUT2D eigenvalue weighted by Gasteiger charge is 2.29. The average Bonchev–Trinajstić information content (AvgIpc) is 3.09. The van der Waals surface area contributed by atoms with Crippen molar-refractivity contribution in [2.75, 3.05) is 5.32 Å². The van der Waals surface area contributed by atoms with Crippen LogP contribution in [0.3, 0.4) is 0 Å². The van der Waals surface area contributed by atoms with Crippen LogP contribution in [0.5, 0.6) is 0 Å². The Balaban J connectivity index is 1.93. The van der Waals surface area contributed by atoms with Crippen LogP contribution in [0.2, 0.25) is 0 Å². The minimum Gasteiger partial charge on any atom is -0.336 e. The topological polar surface area (TPSA) is 55.1 Å². The number of anilines is 2. The minimum atomic E-state index is -4.41. The van der Waals surface area contributed by atoms with Crippen LogP contribution in [-0.4, -0.2) is 25.8 Å². The summed E-state index contributed by atoms with van der Waals surface area (Å²) in [4.78, 5) is 8.18. The number of halogens is 4. The van der Waals surface area contributed by atoms with Crippen molar-refractivity contribution in [3.63, 3.8) is 0 Å². The van der Waals surface area contributed by atoms with Crippen LogP contribution in [0, 0.1) is 5.82 Å². The molecule has 0 aliphatic rings. The van der Waals surface area contributed by atoms with Crippen LogP contribution >= 0.6 is 11.8 Å². The second-order valence-electron chi connectivity index (χ2n) is 5.44. The number of aromatic nitrogens is 4. The molecule has 10 heteroatoms. The van der Waals surface area contributed by atoms with Crippen LogP contribution in [0.4, 0.5) is 29.1 Å². The molecule has 27 heavy (non-hydrogen) atoms. The number of nitrogens with zero attached hydrogens (tertiary/aromatic N) is 4. The van der Waals surface area contributed by atoms with Crippen LogP contribution < -0.4 is 5.32 Å². The van der Waals surface area contributed by atoms with Crippen molar-refractivity contribution in [2.24, 2.45) is 0 Å². The van der Waals surface area contributed by atoms with E-state index in [1.54, 1.807) is 18.3 Å². The van der Waals surface area contributed by atoms with E-state index in [1.807, 2.05) is 0 Å². The van der Waals surface area contributed by atoms with Crippen LogP contribution in [-0.2, 0) is 0 Å². The van der Waals surface area contributed by atoms with Gasteiger partial charge in [-0.1, -0.05) is 18.3 Å². The quantitative estimate of drug-likeness (QED) is 0.604. The molecule has 0 aliphatic carbocycles. The van der Waals surface area contributed by atoms with Crippen molar-refractivity contribution < 1.29 is 17.6 Å². The highest BCUT2D eigenvalue weighted by Crippen LogP contribution is 2.32. The molecule has 140 valence electrons. The van der Waals surface area contributed by atoms with E-state index in [4.69, 9.17) is 0 Å². The van der Waals surface area contributed by atoms with Crippen LogP contribution in [0.25, 0.3) is 10.4 Å². The number of rotatable bonds is 5. The SMILES string of the molecule is C=C(S/C=C(\C)C(F)(F)F)c1nc(Nc2ccncc2F)c2cccn2n1. The lowest BCUT2D eigenvalue weighted by Gasteiger charge is -2.11. The summed E-state index contributed by atoms with van der Waals surface area (Å²) >= 11 is 0.767. The molecule has 0 aliphatic heterocycles. The second-order valence-corrected chi connectivity index (χ2v) is 6.41. The number of nitrogens with one attached hydrogen (secondary N) is 1. The lowest BCUT2D eigenvalue weighted by molar-refractivity contribution is -0.0910. The number of alkyl halides is 3. The number of hydrogen-bond acceptors (Lipinski definition) is 5. The molecule has 0 bridgehead atoms. The third kappa shape index (κ3) is 4.27. The van der Waals surface area contributed by atoms with E-state index < -0.39 is 17.6 Å².